The number of benzene rings is 2. The van der Waals surface area contributed by atoms with Gasteiger partial charge in [0, 0.05) is 12.7 Å². The van der Waals surface area contributed by atoms with Crippen LogP contribution in [0.4, 0.5) is 5.69 Å². The number of aromatic nitrogens is 4. The summed E-state index contributed by atoms with van der Waals surface area (Å²) in [5.74, 6) is 0.738. The highest BCUT2D eigenvalue weighted by Crippen LogP contribution is 2.19. The Kier molecular flexibility index (Phi) is 4.31. The number of hydrogen-bond donors (Lipinski definition) is 1. The Hall–Kier alpha value is -3.68. The fourth-order valence-corrected chi connectivity index (χ4v) is 3.24. The van der Waals surface area contributed by atoms with Gasteiger partial charge in [-0.3, -0.25) is 13.8 Å². The SMILES string of the molecule is COC(=O)c1ccc(C)c(NCc2nnc3n(C)c(=O)c4ccccc4n23)c1. The predicted octanol–water partition coefficient (Wildman–Crippen LogP) is 2.29. The third kappa shape index (κ3) is 2.79. The molecule has 0 aliphatic rings. The Bertz CT molecular complexity index is 1270. The number of para-hydroxylation sites is 1. The molecule has 2 aromatic carbocycles. The highest BCUT2D eigenvalue weighted by molar-refractivity contribution is 5.90. The number of carbonyl (C=O) groups excluding carboxylic acids is 1. The topological polar surface area (TPSA) is 90.5 Å². The number of ether oxygens (including phenoxy) is 1. The van der Waals surface area contributed by atoms with Crippen molar-refractivity contribution < 1.29 is 9.53 Å². The first-order valence-corrected chi connectivity index (χ1v) is 8.76. The van der Waals surface area contributed by atoms with E-state index in [1.54, 1.807) is 25.2 Å². The van der Waals surface area contributed by atoms with Gasteiger partial charge in [0.2, 0.25) is 5.78 Å². The van der Waals surface area contributed by atoms with Crippen LogP contribution in [0.25, 0.3) is 16.7 Å². The smallest absolute Gasteiger partial charge is 0.337 e. The number of rotatable bonds is 4. The van der Waals surface area contributed by atoms with E-state index >= 15 is 0 Å². The molecule has 0 aliphatic heterocycles. The molecule has 2 aromatic heterocycles. The van der Waals surface area contributed by atoms with Crippen molar-refractivity contribution in [3.8, 4) is 0 Å². The van der Waals surface area contributed by atoms with Crippen LogP contribution in [0.1, 0.15) is 21.7 Å². The molecule has 8 heteroatoms. The number of methoxy groups -OCH3 is 1. The quantitative estimate of drug-likeness (QED) is 0.549. The highest BCUT2D eigenvalue weighted by atomic mass is 16.5. The van der Waals surface area contributed by atoms with Crippen molar-refractivity contribution >= 4 is 28.3 Å². The van der Waals surface area contributed by atoms with Gasteiger partial charge in [-0.25, -0.2) is 4.79 Å². The monoisotopic (exact) mass is 377 g/mol. The van der Waals surface area contributed by atoms with Gasteiger partial charge in [-0.2, -0.15) is 0 Å². The number of nitrogens with zero attached hydrogens (tertiary/aromatic N) is 4. The van der Waals surface area contributed by atoms with Gasteiger partial charge in [-0.1, -0.05) is 18.2 Å². The number of fused-ring (bicyclic) bond motifs is 3. The molecule has 0 saturated carbocycles. The maximum absolute atomic E-state index is 12.5. The minimum atomic E-state index is -0.392. The molecule has 4 rings (SSSR count). The fourth-order valence-electron chi connectivity index (χ4n) is 3.24. The summed E-state index contributed by atoms with van der Waals surface area (Å²) in [6.45, 7) is 2.32. The Balaban J connectivity index is 1.76. The normalized spacial score (nSPS) is 11.1. The number of esters is 1. The Morgan fingerprint density at radius 3 is 2.75 bits per heavy atom. The minimum absolute atomic E-state index is 0.114. The molecule has 28 heavy (non-hydrogen) atoms. The molecule has 0 saturated heterocycles. The van der Waals surface area contributed by atoms with Crippen LogP contribution < -0.4 is 10.9 Å². The summed E-state index contributed by atoms with van der Waals surface area (Å²) in [5.41, 5.74) is 2.89. The molecular weight excluding hydrogens is 358 g/mol. The van der Waals surface area contributed by atoms with Crippen LogP contribution in [0.5, 0.6) is 0 Å². The molecule has 142 valence electrons. The van der Waals surface area contributed by atoms with Crippen molar-refractivity contribution in [3.63, 3.8) is 0 Å². The number of aryl methyl sites for hydroxylation is 2. The Morgan fingerprint density at radius 1 is 1.18 bits per heavy atom. The number of nitrogens with one attached hydrogen (secondary N) is 1. The van der Waals surface area contributed by atoms with Crippen LogP contribution in [0, 0.1) is 6.92 Å². The maximum Gasteiger partial charge on any atom is 0.337 e. The molecule has 0 bridgehead atoms. The van der Waals surface area contributed by atoms with E-state index in [0.29, 0.717) is 29.1 Å². The van der Waals surface area contributed by atoms with Crippen LogP contribution in [0.15, 0.2) is 47.3 Å². The molecule has 4 aromatic rings. The van der Waals surface area contributed by atoms with Crippen molar-refractivity contribution in [2.45, 2.75) is 13.5 Å². The number of carbonyl (C=O) groups is 1. The molecule has 2 heterocycles. The molecule has 8 nitrogen and oxygen atoms in total. The molecule has 0 fully saturated rings. The van der Waals surface area contributed by atoms with Crippen molar-refractivity contribution in [2.24, 2.45) is 7.05 Å². The van der Waals surface area contributed by atoms with Crippen LogP contribution in [0.3, 0.4) is 0 Å². The van der Waals surface area contributed by atoms with E-state index in [2.05, 4.69) is 15.5 Å². The number of hydrogen-bond acceptors (Lipinski definition) is 6. The first-order chi connectivity index (χ1) is 13.5. The molecule has 1 N–H and O–H groups in total. The highest BCUT2D eigenvalue weighted by Gasteiger charge is 2.15. The van der Waals surface area contributed by atoms with Crippen molar-refractivity contribution in [2.75, 3.05) is 12.4 Å². The van der Waals surface area contributed by atoms with E-state index in [4.69, 9.17) is 4.74 Å². The van der Waals surface area contributed by atoms with Gasteiger partial charge in [0.15, 0.2) is 5.82 Å². The van der Waals surface area contributed by atoms with E-state index < -0.39 is 5.97 Å². The van der Waals surface area contributed by atoms with Crippen LogP contribution >= 0.6 is 0 Å². The molecule has 0 unspecified atom stereocenters. The summed E-state index contributed by atoms with van der Waals surface area (Å²) >= 11 is 0. The second-order valence-corrected chi connectivity index (χ2v) is 6.51. The molecule has 0 atom stereocenters. The van der Waals surface area contributed by atoms with Crippen molar-refractivity contribution in [1.82, 2.24) is 19.2 Å². The second-order valence-electron chi connectivity index (χ2n) is 6.51. The molecular formula is C20H19N5O3. The maximum atomic E-state index is 12.5. The molecule has 0 radical (unpaired) electrons. The molecule has 0 spiro atoms. The zero-order valence-corrected chi connectivity index (χ0v) is 15.8. The average molecular weight is 377 g/mol. The molecule has 0 amide bonds. The second kappa shape index (κ2) is 6.80. The van der Waals surface area contributed by atoms with E-state index in [-0.39, 0.29) is 5.56 Å². The van der Waals surface area contributed by atoms with Gasteiger partial charge in [0.25, 0.3) is 5.56 Å². The summed E-state index contributed by atoms with van der Waals surface area (Å²) < 4.78 is 8.14. The Morgan fingerprint density at radius 2 is 1.96 bits per heavy atom. The van der Waals surface area contributed by atoms with Crippen molar-refractivity contribution in [3.05, 3.63) is 69.8 Å². The van der Waals surface area contributed by atoms with Crippen LogP contribution in [-0.2, 0) is 18.3 Å². The average Bonchev–Trinajstić information content (AvgIpc) is 3.15. The summed E-state index contributed by atoms with van der Waals surface area (Å²) in [5, 5.41) is 12.4. The van der Waals surface area contributed by atoms with Crippen molar-refractivity contribution in [1.29, 1.82) is 0 Å². The zero-order valence-electron chi connectivity index (χ0n) is 15.8. The Labute approximate surface area is 160 Å². The van der Waals surface area contributed by atoms with Gasteiger partial charge in [-0.15, -0.1) is 10.2 Å². The summed E-state index contributed by atoms with van der Waals surface area (Å²) in [4.78, 5) is 24.3. The van der Waals surface area contributed by atoms with E-state index in [1.807, 2.05) is 35.6 Å². The third-order valence-electron chi connectivity index (χ3n) is 4.79. The number of anilines is 1. The summed E-state index contributed by atoms with van der Waals surface area (Å²) in [6, 6.07) is 12.7. The largest absolute Gasteiger partial charge is 0.465 e. The first kappa shape index (κ1) is 17.7. The van der Waals surface area contributed by atoms with E-state index in [0.717, 1.165) is 16.8 Å². The minimum Gasteiger partial charge on any atom is -0.465 e. The standard InChI is InChI=1S/C20H19N5O3/c1-12-8-9-13(19(27)28-3)10-15(12)21-11-17-22-23-20-24(2)18(26)14-6-4-5-7-16(14)25(17)20/h4-10,21H,11H2,1-3H3. The lowest BCUT2D eigenvalue weighted by Crippen LogP contribution is -2.20. The molecule has 0 aliphatic carbocycles. The predicted molar refractivity (Wildman–Crippen MR) is 106 cm³/mol. The van der Waals surface area contributed by atoms with Gasteiger partial charge < -0.3 is 10.1 Å². The van der Waals surface area contributed by atoms with Gasteiger partial charge >= 0.3 is 5.97 Å². The lowest BCUT2D eigenvalue weighted by molar-refractivity contribution is 0.0601. The first-order valence-electron chi connectivity index (χ1n) is 8.76. The van der Waals surface area contributed by atoms with E-state index in [9.17, 15) is 9.59 Å². The lowest BCUT2D eigenvalue weighted by Gasteiger charge is -2.11. The van der Waals surface area contributed by atoms with Gasteiger partial charge in [0.1, 0.15) is 0 Å². The van der Waals surface area contributed by atoms with Gasteiger partial charge in [0.05, 0.1) is 30.1 Å². The van der Waals surface area contributed by atoms with Crippen LogP contribution in [-0.4, -0.2) is 32.2 Å². The van der Waals surface area contributed by atoms with Gasteiger partial charge in [-0.05, 0) is 36.8 Å². The van der Waals surface area contributed by atoms with Crippen LogP contribution in [0.2, 0.25) is 0 Å². The summed E-state index contributed by atoms with van der Waals surface area (Å²) in [6.07, 6.45) is 0. The fraction of sp³-hybridized carbons (Fsp3) is 0.200. The zero-order chi connectivity index (χ0) is 19.8. The third-order valence-corrected chi connectivity index (χ3v) is 4.79. The lowest BCUT2D eigenvalue weighted by atomic mass is 10.1. The summed E-state index contributed by atoms with van der Waals surface area (Å²) in [7, 11) is 3.03. The van der Waals surface area contributed by atoms with E-state index in [1.165, 1.54) is 11.7 Å².